The fourth-order valence-corrected chi connectivity index (χ4v) is 1.14. The van der Waals surface area contributed by atoms with E-state index in [-0.39, 0.29) is 24.0 Å². The highest BCUT2D eigenvalue weighted by atomic mass is 16.6. The lowest BCUT2D eigenvalue weighted by molar-refractivity contribution is -0.386. The van der Waals surface area contributed by atoms with Crippen LogP contribution in [0.3, 0.4) is 0 Å². The summed E-state index contributed by atoms with van der Waals surface area (Å²) >= 11 is 0. The van der Waals surface area contributed by atoms with E-state index in [1.807, 2.05) is 6.07 Å². The summed E-state index contributed by atoms with van der Waals surface area (Å²) in [5.41, 5.74) is -0.172. The molecule has 1 aromatic rings. The highest BCUT2D eigenvalue weighted by Crippen LogP contribution is 2.31. The lowest BCUT2D eigenvalue weighted by Crippen LogP contribution is -2.07. The topological polar surface area (TPSA) is 85.4 Å². The van der Waals surface area contributed by atoms with Gasteiger partial charge in [-0.15, -0.1) is 0 Å². The van der Waals surface area contributed by atoms with Crippen LogP contribution in [0.5, 0.6) is 11.5 Å². The molecular formula is C11H12N2O4. The van der Waals surface area contributed by atoms with E-state index >= 15 is 0 Å². The average Bonchev–Trinajstić information content (AvgIpc) is 2.35. The SMILES string of the molecule is COc1ccc(OCC(C)C#N)c([N+](=O)[O-])c1. The van der Waals surface area contributed by atoms with Crippen molar-refractivity contribution in [3.63, 3.8) is 0 Å². The number of nitro benzene ring substituents is 1. The summed E-state index contributed by atoms with van der Waals surface area (Å²) < 4.78 is 10.1. The summed E-state index contributed by atoms with van der Waals surface area (Å²) in [6.07, 6.45) is 0. The number of rotatable bonds is 5. The lowest BCUT2D eigenvalue weighted by atomic mass is 10.2. The molecule has 1 aromatic carbocycles. The quantitative estimate of drug-likeness (QED) is 0.577. The molecule has 0 saturated carbocycles. The van der Waals surface area contributed by atoms with Gasteiger partial charge in [-0.3, -0.25) is 10.1 Å². The molecule has 17 heavy (non-hydrogen) atoms. The number of methoxy groups -OCH3 is 1. The van der Waals surface area contributed by atoms with E-state index in [2.05, 4.69) is 0 Å². The fraction of sp³-hybridized carbons (Fsp3) is 0.364. The van der Waals surface area contributed by atoms with Gasteiger partial charge in [-0.2, -0.15) is 5.26 Å². The van der Waals surface area contributed by atoms with E-state index in [4.69, 9.17) is 14.7 Å². The van der Waals surface area contributed by atoms with Gasteiger partial charge < -0.3 is 9.47 Å². The Morgan fingerprint density at radius 2 is 2.29 bits per heavy atom. The number of hydrogen-bond donors (Lipinski definition) is 0. The second kappa shape index (κ2) is 5.70. The summed E-state index contributed by atoms with van der Waals surface area (Å²) in [5, 5.41) is 19.4. The van der Waals surface area contributed by atoms with Gasteiger partial charge in [-0.25, -0.2) is 0 Å². The van der Waals surface area contributed by atoms with Gasteiger partial charge in [0.25, 0.3) is 0 Å². The molecule has 1 rings (SSSR count). The minimum absolute atomic E-state index is 0.115. The summed E-state index contributed by atoms with van der Waals surface area (Å²) in [6, 6.07) is 6.30. The van der Waals surface area contributed by atoms with Crippen molar-refractivity contribution >= 4 is 5.69 Å². The normalized spacial score (nSPS) is 11.4. The predicted octanol–water partition coefficient (Wildman–Crippen LogP) is 2.14. The second-order valence-electron chi connectivity index (χ2n) is 3.43. The number of nitriles is 1. The highest BCUT2D eigenvalue weighted by Gasteiger charge is 2.17. The molecule has 0 aromatic heterocycles. The molecule has 0 bridgehead atoms. The molecule has 1 unspecified atom stereocenters. The minimum atomic E-state index is -0.547. The molecule has 6 heteroatoms. The van der Waals surface area contributed by atoms with Crippen LogP contribution in [-0.4, -0.2) is 18.6 Å². The zero-order chi connectivity index (χ0) is 12.8. The van der Waals surface area contributed by atoms with Gasteiger partial charge in [0.2, 0.25) is 0 Å². The molecule has 0 N–H and O–H groups in total. The summed E-state index contributed by atoms with van der Waals surface area (Å²) in [6.45, 7) is 1.79. The first-order chi connectivity index (χ1) is 8.08. The molecule has 0 aliphatic heterocycles. The van der Waals surface area contributed by atoms with E-state index in [0.717, 1.165) is 0 Å². The number of ether oxygens (including phenoxy) is 2. The summed E-state index contributed by atoms with van der Waals surface area (Å²) in [4.78, 5) is 10.3. The lowest BCUT2D eigenvalue weighted by Gasteiger charge is -2.08. The van der Waals surface area contributed by atoms with Crippen molar-refractivity contribution in [3.8, 4) is 17.6 Å². The third-order valence-corrected chi connectivity index (χ3v) is 2.07. The zero-order valence-corrected chi connectivity index (χ0v) is 9.54. The van der Waals surface area contributed by atoms with Crippen LogP contribution in [0.25, 0.3) is 0 Å². The van der Waals surface area contributed by atoms with Crippen LogP contribution in [0.2, 0.25) is 0 Å². The third-order valence-electron chi connectivity index (χ3n) is 2.07. The minimum Gasteiger partial charge on any atom is -0.496 e. The van der Waals surface area contributed by atoms with Crippen molar-refractivity contribution in [2.75, 3.05) is 13.7 Å². The number of nitro groups is 1. The molecule has 0 radical (unpaired) electrons. The predicted molar refractivity (Wildman–Crippen MR) is 59.9 cm³/mol. The van der Waals surface area contributed by atoms with Gasteiger partial charge in [0.05, 0.1) is 30.1 Å². The Bertz CT molecular complexity index is 453. The monoisotopic (exact) mass is 236 g/mol. The van der Waals surface area contributed by atoms with E-state index in [0.29, 0.717) is 5.75 Å². The standard InChI is InChI=1S/C11H12N2O4/c1-8(6-12)7-17-11-4-3-9(16-2)5-10(11)13(14)15/h3-5,8H,7H2,1-2H3. The van der Waals surface area contributed by atoms with Crippen LogP contribution in [0, 0.1) is 27.4 Å². The molecule has 0 fully saturated rings. The summed E-state index contributed by atoms with van der Waals surface area (Å²) in [7, 11) is 1.43. The van der Waals surface area contributed by atoms with Gasteiger partial charge in [-0.1, -0.05) is 0 Å². The van der Waals surface area contributed by atoms with Crippen LogP contribution in [-0.2, 0) is 0 Å². The Labute approximate surface area is 98.5 Å². The molecule has 6 nitrogen and oxygen atoms in total. The van der Waals surface area contributed by atoms with E-state index in [1.165, 1.54) is 19.2 Å². The smallest absolute Gasteiger partial charge is 0.314 e. The third kappa shape index (κ3) is 3.34. The van der Waals surface area contributed by atoms with Gasteiger partial charge in [0.15, 0.2) is 5.75 Å². The first kappa shape index (κ1) is 12.8. The molecule has 90 valence electrons. The van der Waals surface area contributed by atoms with Crippen molar-refractivity contribution in [3.05, 3.63) is 28.3 Å². The van der Waals surface area contributed by atoms with Crippen molar-refractivity contribution in [1.29, 1.82) is 5.26 Å². The van der Waals surface area contributed by atoms with Crippen molar-refractivity contribution in [1.82, 2.24) is 0 Å². The Morgan fingerprint density at radius 1 is 1.59 bits per heavy atom. The number of benzene rings is 1. The largest absolute Gasteiger partial charge is 0.496 e. The van der Waals surface area contributed by atoms with Crippen molar-refractivity contribution < 1.29 is 14.4 Å². The van der Waals surface area contributed by atoms with E-state index < -0.39 is 4.92 Å². The van der Waals surface area contributed by atoms with E-state index in [1.54, 1.807) is 13.0 Å². The molecule has 0 saturated heterocycles. The first-order valence-electron chi connectivity index (χ1n) is 4.93. The summed E-state index contributed by atoms with van der Waals surface area (Å²) in [5.74, 6) is 0.201. The molecule has 0 amide bonds. The molecule has 0 aliphatic rings. The average molecular weight is 236 g/mol. The molecule has 1 atom stereocenters. The maximum absolute atomic E-state index is 10.8. The van der Waals surface area contributed by atoms with Gasteiger partial charge in [0.1, 0.15) is 12.4 Å². The molecule has 0 heterocycles. The Hall–Kier alpha value is -2.29. The Morgan fingerprint density at radius 3 is 2.82 bits per heavy atom. The Balaban J connectivity index is 2.91. The van der Waals surface area contributed by atoms with Gasteiger partial charge in [0, 0.05) is 0 Å². The second-order valence-corrected chi connectivity index (χ2v) is 3.43. The van der Waals surface area contributed by atoms with Crippen molar-refractivity contribution in [2.24, 2.45) is 5.92 Å². The van der Waals surface area contributed by atoms with Gasteiger partial charge in [-0.05, 0) is 19.1 Å². The maximum atomic E-state index is 10.8. The first-order valence-corrected chi connectivity index (χ1v) is 4.93. The molecular weight excluding hydrogens is 224 g/mol. The maximum Gasteiger partial charge on any atom is 0.314 e. The number of nitrogens with zero attached hydrogens (tertiary/aromatic N) is 2. The van der Waals surface area contributed by atoms with Crippen LogP contribution in [0.4, 0.5) is 5.69 Å². The highest BCUT2D eigenvalue weighted by molar-refractivity contribution is 5.50. The van der Waals surface area contributed by atoms with Crippen LogP contribution in [0.15, 0.2) is 18.2 Å². The fourth-order valence-electron chi connectivity index (χ4n) is 1.14. The van der Waals surface area contributed by atoms with Crippen LogP contribution < -0.4 is 9.47 Å². The molecule has 0 spiro atoms. The van der Waals surface area contributed by atoms with Gasteiger partial charge >= 0.3 is 5.69 Å². The van der Waals surface area contributed by atoms with Crippen molar-refractivity contribution in [2.45, 2.75) is 6.92 Å². The molecule has 0 aliphatic carbocycles. The van der Waals surface area contributed by atoms with E-state index in [9.17, 15) is 10.1 Å². The van der Waals surface area contributed by atoms with Crippen LogP contribution >= 0.6 is 0 Å². The Kier molecular flexibility index (Phi) is 4.29. The van der Waals surface area contributed by atoms with Crippen LogP contribution in [0.1, 0.15) is 6.92 Å². The number of hydrogen-bond acceptors (Lipinski definition) is 5. The zero-order valence-electron chi connectivity index (χ0n) is 9.54.